The predicted octanol–water partition coefficient (Wildman–Crippen LogP) is 4.72. The number of carbonyl (C=O) groups is 1. The van der Waals surface area contributed by atoms with Crippen molar-refractivity contribution in [2.75, 3.05) is 25.7 Å². The van der Waals surface area contributed by atoms with Crippen LogP contribution in [0.3, 0.4) is 0 Å². The van der Waals surface area contributed by atoms with Crippen LogP contribution in [0.25, 0.3) is 10.3 Å². The average molecular weight is 562 g/mol. The molecule has 1 fully saturated rings. The van der Waals surface area contributed by atoms with Gasteiger partial charge in [-0.2, -0.15) is 0 Å². The molecule has 1 N–H and O–H groups in total. The topological polar surface area (TPSA) is 98.6 Å². The van der Waals surface area contributed by atoms with Crippen LogP contribution in [0.4, 0.5) is 5.13 Å². The minimum atomic E-state index is -0.339. The largest absolute Gasteiger partial charge is 0.497 e. The molecular formula is C30H35N5O4S. The van der Waals surface area contributed by atoms with Gasteiger partial charge in [0.05, 0.1) is 20.8 Å². The molecule has 10 heteroatoms. The number of nitrogens with zero attached hydrogens (tertiary/aromatic N) is 4. The van der Waals surface area contributed by atoms with Crippen molar-refractivity contribution >= 4 is 32.7 Å². The summed E-state index contributed by atoms with van der Waals surface area (Å²) < 4.78 is 12.6. The second kappa shape index (κ2) is 12.1. The van der Waals surface area contributed by atoms with Gasteiger partial charge in [-0.1, -0.05) is 55.5 Å². The fourth-order valence-corrected chi connectivity index (χ4v) is 6.13. The predicted molar refractivity (Wildman–Crippen MR) is 158 cm³/mol. The highest BCUT2D eigenvalue weighted by atomic mass is 32.1. The van der Waals surface area contributed by atoms with Gasteiger partial charge in [-0.3, -0.25) is 14.2 Å². The van der Waals surface area contributed by atoms with Crippen LogP contribution in [0, 0.1) is 0 Å². The van der Waals surface area contributed by atoms with E-state index in [1.54, 1.807) is 18.8 Å². The first kappa shape index (κ1) is 27.6. The lowest BCUT2D eigenvalue weighted by Gasteiger charge is -2.34. The number of hydrogen-bond acceptors (Lipinski definition) is 8. The summed E-state index contributed by atoms with van der Waals surface area (Å²) >= 11 is 1.38. The minimum absolute atomic E-state index is 0.0124. The molecule has 4 aromatic rings. The molecule has 1 saturated heterocycles. The van der Waals surface area contributed by atoms with Crippen molar-refractivity contribution in [3.05, 3.63) is 75.8 Å². The van der Waals surface area contributed by atoms with E-state index in [0.29, 0.717) is 52.4 Å². The van der Waals surface area contributed by atoms with E-state index in [0.717, 1.165) is 30.4 Å². The third-order valence-electron chi connectivity index (χ3n) is 7.24. The zero-order chi connectivity index (χ0) is 28.2. The number of anilines is 1. The summed E-state index contributed by atoms with van der Waals surface area (Å²) in [5.41, 5.74) is 2.02. The average Bonchev–Trinajstić information content (AvgIpc) is 3.42. The van der Waals surface area contributed by atoms with Gasteiger partial charge in [0, 0.05) is 30.6 Å². The quantitative estimate of drug-likeness (QED) is 0.316. The van der Waals surface area contributed by atoms with Gasteiger partial charge in [-0.15, -0.1) is 0 Å². The van der Waals surface area contributed by atoms with Crippen molar-refractivity contribution in [3.63, 3.8) is 0 Å². The Morgan fingerprint density at radius 3 is 2.62 bits per heavy atom. The molecule has 2 aromatic carbocycles. The summed E-state index contributed by atoms with van der Waals surface area (Å²) in [6.45, 7) is 5.52. The summed E-state index contributed by atoms with van der Waals surface area (Å²) in [4.78, 5) is 39.4. The van der Waals surface area contributed by atoms with Crippen molar-refractivity contribution in [2.24, 2.45) is 0 Å². The molecule has 0 aliphatic carbocycles. The molecule has 0 radical (unpaired) electrons. The zero-order valence-corrected chi connectivity index (χ0v) is 24.2. The van der Waals surface area contributed by atoms with Gasteiger partial charge in [-0.25, -0.2) is 9.97 Å². The number of piperidine rings is 1. The van der Waals surface area contributed by atoms with E-state index in [1.807, 2.05) is 67.3 Å². The second-order valence-electron chi connectivity index (χ2n) is 10.3. The lowest BCUT2D eigenvalue weighted by atomic mass is 10.0. The van der Waals surface area contributed by atoms with Gasteiger partial charge in [0.2, 0.25) is 5.91 Å². The molecule has 5 rings (SSSR count). The fourth-order valence-electron chi connectivity index (χ4n) is 5.12. The van der Waals surface area contributed by atoms with E-state index < -0.39 is 0 Å². The number of aromatic nitrogens is 3. The van der Waals surface area contributed by atoms with Crippen molar-refractivity contribution in [2.45, 2.75) is 58.2 Å². The van der Waals surface area contributed by atoms with Crippen LogP contribution < -0.4 is 25.2 Å². The first-order chi connectivity index (χ1) is 19.4. The van der Waals surface area contributed by atoms with E-state index >= 15 is 0 Å². The lowest BCUT2D eigenvalue weighted by molar-refractivity contribution is -0.123. The van der Waals surface area contributed by atoms with Crippen molar-refractivity contribution in [1.29, 1.82) is 0 Å². The second-order valence-corrected chi connectivity index (χ2v) is 11.2. The van der Waals surface area contributed by atoms with Gasteiger partial charge in [0.15, 0.2) is 15.5 Å². The van der Waals surface area contributed by atoms with Gasteiger partial charge >= 0.3 is 0 Å². The first-order valence-electron chi connectivity index (χ1n) is 13.6. The Bertz CT molecular complexity index is 1550. The molecular weight excluding hydrogens is 526 g/mol. The Kier molecular flexibility index (Phi) is 8.35. The maximum Gasteiger partial charge on any atom is 0.281 e. The number of fused-ring (bicyclic) bond motifs is 1. The van der Waals surface area contributed by atoms with E-state index in [2.05, 4.69) is 5.32 Å². The van der Waals surface area contributed by atoms with Crippen molar-refractivity contribution < 1.29 is 14.3 Å². The van der Waals surface area contributed by atoms with Crippen molar-refractivity contribution in [1.82, 2.24) is 19.9 Å². The van der Waals surface area contributed by atoms with E-state index in [1.165, 1.54) is 11.3 Å². The van der Waals surface area contributed by atoms with Gasteiger partial charge in [0.25, 0.3) is 5.56 Å². The zero-order valence-electron chi connectivity index (χ0n) is 23.3. The Morgan fingerprint density at radius 1 is 1.10 bits per heavy atom. The fraction of sp³-hybridized carbons (Fsp3) is 0.400. The molecule has 1 atom stereocenters. The molecule has 210 valence electrons. The van der Waals surface area contributed by atoms with Crippen LogP contribution in [0.1, 0.15) is 56.0 Å². The number of benzene rings is 2. The molecule has 0 bridgehead atoms. The Hall–Kier alpha value is -3.92. The summed E-state index contributed by atoms with van der Waals surface area (Å²) in [6.07, 6.45) is 2.67. The Balaban J connectivity index is 1.47. The first-order valence-corrected chi connectivity index (χ1v) is 14.4. The molecule has 1 aliphatic rings. The summed E-state index contributed by atoms with van der Waals surface area (Å²) in [6, 6.07) is 15.1. The van der Waals surface area contributed by atoms with Crippen LogP contribution in [0.2, 0.25) is 0 Å². The SMILES string of the molecule is COc1ccc(Cn2c(C(C)C)nc3sc(N4CCCC[C@@H]4C(=O)NCc4ccccc4)nc3c2=O)c(OC)c1. The molecule has 0 unspecified atom stereocenters. The Morgan fingerprint density at radius 2 is 1.90 bits per heavy atom. The highest BCUT2D eigenvalue weighted by molar-refractivity contribution is 7.21. The monoisotopic (exact) mass is 561 g/mol. The third kappa shape index (κ3) is 5.67. The lowest BCUT2D eigenvalue weighted by Crippen LogP contribution is -2.49. The van der Waals surface area contributed by atoms with Crippen LogP contribution in [0.5, 0.6) is 11.5 Å². The number of thiazole rings is 1. The molecule has 3 heterocycles. The third-order valence-corrected chi connectivity index (χ3v) is 8.22. The molecule has 1 aliphatic heterocycles. The van der Waals surface area contributed by atoms with Gasteiger partial charge in [-0.05, 0) is 37.0 Å². The molecule has 9 nitrogen and oxygen atoms in total. The molecule has 1 amide bonds. The van der Waals surface area contributed by atoms with E-state index in [-0.39, 0.29) is 23.4 Å². The molecule has 0 spiro atoms. The van der Waals surface area contributed by atoms with Gasteiger partial charge in [0.1, 0.15) is 23.4 Å². The summed E-state index contributed by atoms with van der Waals surface area (Å²) in [5, 5.41) is 3.75. The highest BCUT2D eigenvalue weighted by Gasteiger charge is 2.31. The number of methoxy groups -OCH3 is 2. The van der Waals surface area contributed by atoms with Crippen LogP contribution >= 0.6 is 11.3 Å². The maximum absolute atomic E-state index is 13.9. The van der Waals surface area contributed by atoms with Crippen molar-refractivity contribution in [3.8, 4) is 11.5 Å². The van der Waals surface area contributed by atoms with Crippen LogP contribution in [0.15, 0.2) is 53.3 Å². The number of hydrogen-bond donors (Lipinski definition) is 1. The smallest absolute Gasteiger partial charge is 0.281 e. The summed E-state index contributed by atoms with van der Waals surface area (Å²) in [5.74, 6) is 1.98. The molecule has 2 aromatic heterocycles. The molecule has 40 heavy (non-hydrogen) atoms. The Labute approximate surface area is 237 Å². The van der Waals surface area contributed by atoms with Crippen LogP contribution in [-0.2, 0) is 17.9 Å². The summed E-state index contributed by atoms with van der Waals surface area (Å²) in [7, 11) is 3.21. The maximum atomic E-state index is 13.9. The highest BCUT2D eigenvalue weighted by Crippen LogP contribution is 2.32. The molecule has 0 saturated carbocycles. The standard InChI is InChI=1S/C30H35N5O4S/c1-19(2)26-33-28-25(29(37)35(26)18-21-13-14-22(38-3)16-24(21)39-4)32-30(40-28)34-15-9-8-12-23(34)27(36)31-17-20-10-6-5-7-11-20/h5-7,10-11,13-14,16,19,23H,8-9,12,15,17-18H2,1-4H3,(H,31,36)/t23-/m1/s1. The number of nitrogens with one attached hydrogen (secondary N) is 1. The van der Waals surface area contributed by atoms with E-state index in [4.69, 9.17) is 19.4 Å². The van der Waals surface area contributed by atoms with Crippen LogP contribution in [-0.4, -0.2) is 47.2 Å². The van der Waals surface area contributed by atoms with Gasteiger partial charge < -0.3 is 19.7 Å². The number of rotatable bonds is 9. The normalized spacial score (nSPS) is 15.4. The van der Waals surface area contributed by atoms with E-state index in [9.17, 15) is 9.59 Å². The number of ether oxygens (including phenoxy) is 2. The number of amides is 1. The minimum Gasteiger partial charge on any atom is -0.497 e. The number of carbonyl (C=O) groups excluding carboxylic acids is 1.